The first kappa shape index (κ1) is 20.0. The molecule has 7 nitrogen and oxygen atoms in total. The van der Waals surface area contributed by atoms with E-state index in [9.17, 15) is 9.59 Å². The van der Waals surface area contributed by atoms with Crippen LogP contribution >= 0.6 is 11.6 Å². The van der Waals surface area contributed by atoms with Gasteiger partial charge >= 0.3 is 0 Å². The molecule has 1 N–H and O–H groups in total. The average Bonchev–Trinajstić information content (AvgIpc) is 3.34. The van der Waals surface area contributed by atoms with Crippen molar-refractivity contribution >= 4 is 34.7 Å². The van der Waals surface area contributed by atoms with Gasteiger partial charge < -0.3 is 10.2 Å². The topological polar surface area (TPSA) is 79.6 Å². The lowest BCUT2D eigenvalue weighted by atomic mass is 9.71. The minimum atomic E-state index is -0.344. The summed E-state index contributed by atoms with van der Waals surface area (Å²) in [5, 5.41) is 8.01. The number of hydrogen-bond acceptors (Lipinski definition) is 4. The number of amides is 2. The molecular formula is C23H24ClN5O2. The molecule has 2 amide bonds. The van der Waals surface area contributed by atoms with Crippen molar-refractivity contribution in [2.24, 2.45) is 5.41 Å². The van der Waals surface area contributed by atoms with E-state index in [2.05, 4.69) is 15.4 Å². The number of hydrogen-bond donors (Lipinski definition) is 1. The zero-order chi connectivity index (χ0) is 21.6. The van der Waals surface area contributed by atoms with Gasteiger partial charge in [0.05, 0.1) is 22.3 Å². The number of rotatable bonds is 3. The van der Waals surface area contributed by atoms with Crippen LogP contribution in [0.25, 0.3) is 5.65 Å². The second-order valence-electron chi connectivity index (χ2n) is 8.57. The van der Waals surface area contributed by atoms with E-state index in [0.717, 1.165) is 43.5 Å². The van der Waals surface area contributed by atoms with Gasteiger partial charge in [-0.15, -0.1) is 0 Å². The van der Waals surface area contributed by atoms with Crippen LogP contribution in [0.15, 0.2) is 42.7 Å². The Morgan fingerprint density at radius 3 is 2.74 bits per heavy atom. The second kappa shape index (κ2) is 7.64. The van der Waals surface area contributed by atoms with Crippen molar-refractivity contribution in [2.75, 3.05) is 11.4 Å². The van der Waals surface area contributed by atoms with E-state index in [-0.39, 0.29) is 23.3 Å². The molecule has 1 aliphatic carbocycles. The average molecular weight is 438 g/mol. The summed E-state index contributed by atoms with van der Waals surface area (Å²) in [6.45, 7) is 2.61. The molecule has 0 bridgehead atoms. The van der Waals surface area contributed by atoms with Gasteiger partial charge in [0.25, 0.3) is 5.91 Å². The van der Waals surface area contributed by atoms with Gasteiger partial charge in [0.15, 0.2) is 5.65 Å². The molecule has 0 atom stereocenters. The Bertz CT molecular complexity index is 1170. The number of benzene rings is 1. The fourth-order valence-electron chi connectivity index (χ4n) is 4.93. The summed E-state index contributed by atoms with van der Waals surface area (Å²) in [6.07, 6.45) is 7.17. The molecule has 8 heteroatoms. The minimum Gasteiger partial charge on any atom is -0.349 e. The fraction of sp³-hybridized carbons (Fsp3) is 0.391. The zero-order valence-corrected chi connectivity index (χ0v) is 18.1. The number of fused-ring (bicyclic) bond motifs is 1. The van der Waals surface area contributed by atoms with Crippen LogP contribution in [0, 0.1) is 12.3 Å². The Morgan fingerprint density at radius 1 is 1.19 bits per heavy atom. The summed E-state index contributed by atoms with van der Waals surface area (Å²) < 4.78 is 1.67. The summed E-state index contributed by atoms with van der Waals surface area (Å²) in [6, 6.07) is 9.39. The standard InChI is InChI=1S/C23H24ClN5O2/c1-15-8-12-25-20-17(14-26-29(15)20)21(30)27-16-6-9-23(10-7-16)11-13-28(22(23)31)19-5-3-2-4-18(19)24/h2-5,8,12,14,16H,6-7,9-11,13H2,1H3,(H,27,30)/t16-,23-. The third kappa shape index (κ3) is 3.37. The molecule has 2 aromatic heterocycles. The summed E-state index contributed by atoms with van der Waals surface area (Å²) in [4.78, 5) is 32.3. The number of carbonyl (C=O) groups is 2. The summed E-state index contributed by atoms with van der Waals surface area (Å²) >= 11 is 6.32. The maximum Gasteiger partial charge on any atom is 0.256 e. The number of aryl methyl sites for hydroxylation is 1. The highest BCUT2D eigenvalue weighted by atomic mass is 35.5. The molecule has 3 aromatic rings. The van der Waals surface area contributed by atoms with E-state index in [1.165, 1.54) is 0 Å². The predicted octanol–water partition coefficient (Wildman–Crippen LogP) is 3.79. The first-order valence-electron chi connectivity index (χ1n) is 10.7. The van der Waals surface area contributed by atoms with Crippen molar-refractivity contribution in [3.05, 3.63) is 59.0 Å². The van der Waals surface area contributed by atoms with Gasteiger partial charge in [-0.1, -0.05) is 23.7 Å². The number of anilines is 1. The lowest BCUT2D eigenvalue weighted by Crippen LogP contribution is -2.43. The van der Waals surface area contributed by atoms with Gasteiger partial charge in [0, 0.05) is 24.5 Å². The van der Waals surface area contributed by atoms with E-state index in [4.69, 9.17) is 11.6 Å². The first-order valence-corrected chi connectivity index (χ1v) is 11.0. The molecule has 3 heterocycles. The highest BCUT2D eigenvalue weighted by molar-refractivity contribution is 6.34. The summed E-state index contributed by atoms with van der Waals surface area (Å²) in [5.41, 5.74) is 2.41. The molecule has 2 fully saturated rings. The quantitative estimate of drug-likeness (QED) is 0.676. The number of nitrogens with zero attached hydrogens (tertiary/aromatic N) is 4. The van der Waals surface area contributed by atoms with Gasteiger partial charge in [0.2, 0.25) is 5.91 Å². The molecular weight excluding hydrogens is 414 g/mol. The Balaban J connectivity index is 1.25. The van der Waals surface area contributed by atoms with Gasteiger partial charge in [-0.25, -0.2) is 9.50 Å². The van der Waals surface area contributed by atoms with Gasteiger partial charge in [-0.2, -0.15) is 5.10 Å². The fourth-order valence-corrected chi connectivity index (χ4v) is 5.17. The smallest absolute Gasteiger partial charge is 0.256 e. The molecule has 1 saturated heterocycles. The van der Waals surface area contributed by atoms with Crippen molar-refractivity contribution in [3.63, 3.8) is 0 Å². The van der Waals surface area contributed by atoms with Crippen molar-refractivity contribution in [1.29, 1.82) is 0 Å². The monoisotopic (exact) mass is 437 g/mol. The number of nitrogens with one attached hydrogen (secondary N) is 1. The van der Waals surface area contributed by atoms with E-state index in [1.54, 1.807) is 16.9 Å². The normalized spacial score (nSPS) is 23.6. The van der Waals surface area contributed by atoms with Crippen LogP contribution < -0.4 is 10.2 Å². The number of carbonyl (C=O) groups excluding carboxylic acids is 2. The molecule has 1 aromatic carbocycles. The van der Waals surface area contributed by atoms with E-state index >= 15 is 0 Å². The zero-order valence-electron chi connectivity index (χ0n) is 17.3. The van der Waals surface area contributed by atoms with Gasteiger partial charge in [0.1, 0.15) is 5.56 Å². The van der Waals surface area contributed by atoms with Gasteiger partial charge in [-0.05, 0) is 57.2 Å². The number of aromatic nitrogens is 3. The van der Waals surface area contributed by atoms with Crippen LogP contribution in [0.1, 0.15) is 48.2 Å². The second-order valence-corrected chi connectivity index (χ2v) is 8.97. The Hall–Kier alpha value is -2.93. The molecule has 2 aliphatic rings. The largest absolute Gasteiger partial charge is 0.349 e. The van der Waals surface area contributed by atoms with Crippen molar-refractivity contribution in [1.82, 2.24) is 19.9 Å². The first-order chi connectivity index (χ1) is 15.0. The molecule has 5 rings (SSSR count). The Labute approximate surface area is 185 Å². The lowest BCUT2D eigenvalue weighted by molar-refractivity contribution is -0.127. The molecule has 1 saturated carbocycles. The maximum atomic E-state index is 13.3. The molecule has 160 valence electrons. The van der Waals surface area contributed by atoms with Crippen LogP contribution in [-0.2, 0) is 4.79 Å². The van der Waals surface area contributed by atoms with Crippen LogP contribution in [0.5, 0.6) is 0 Å². The highest BCUT2D eigenvalue weighted by Gasteiger charge is 2.49. The van der Waals surface area contributed by atoms with Gasteiger partial charge in [-0.3, -0.25) is 9.59 Å². The summed E-state index contributed by atoms with van der Waals surface area (Å²) in [5.74, 6) is -0.00262. The highest BCUT2D eigenvalue weighted by Crippen LogP contribution is 2.47. The number of para-hydroxylation sites is 1. The molecule has 31 heavy (non-hydrogen) atoms. The third-order valence-electron chi connectivity index (χ3n) is 6.77. The van der Waals surface area contributed by atoms with Crippen LogP contribution in [0.4, 0.5) is 5.69 Å². The summed E-state index contributed by atoms with van der Waals surface area (Å²) in [7, 11) is 0. The van der Waals surface area contributed by atoms with Crippen LogP contribution in [0.2, 0.25) is 5.02 Å². The number of halogens is 1. The van der Waals surface area contributed by atoms with E-state index in [0.29, 0.717) is 22.8 Å². The predicted molar refractivity (Wildman–Crippen MR) is 118 cm³/mol. The molecule has 0 unspecified atom stereocenters. The molecule has 1 spiro atoms. The maximum absolute atomic E-state index is 13.3. The minimum absolute atomic E-state index is 0.0417. The van der Waals surface area contributed by atoms with E-state index in [1.807, 2.05) is 42.2 Å². The lowest BCUT2D eigenvalue weighted by Gasteiger charge is -2.36. The van der Waals surface area contributed by atoms with Crippen molar-refractivity contribution < 1.29 is 9.59 Å². The van der Waals surface area contributed by atoms with E-state index < -0.39 is 0 Å². The molecule has 0 radical (unpaired) electrons. The molecule has 1 aliphatic heterocycles. The van der Waals surface area contributed by atoms with Crippen molar-refractivity contribution in [2.45, 2.75) is 45.1 Å². The Kier molecular flexibility index (Phi) is 4.93. The SMILES string of the molecule is Cc1ccnc2c(C(=O)N[C@H]3CC[C@@]4(CCN(c5ccccc5Cl)C4=O)CC3)cnn12. The van der Waals surface area contributed by atoms with Crippen LogP contribution in [-0.4, -0.2) is 39.0 Å². The van der Waals surface area contributed by atoms with Crippen molar-refractivity contribution in [3.8, 4) is 0 Å². The third-order valence-corrected chi connectivity index (χ3v) is 7.09. The Morgan fingerprint density at radius 2 is 1.97 bits per heavy atom. The van der Waals surface area contributed by atoms with Crippen LogP contribution in [0.3, 0.4) is 0 Å².